The molecule has 2 N–H and O–H groups in total. The fourth-order valence-corrected chi connectivity index (χ4v) is 1.51. The predicted octanol–water partition coefficient (Wildman–Crippen LogP) is 3.30. The fourth-order valence-electron chi connectivity index (χ4n) is 1.51. The summed E-state index contributed by atoms with van der Waals surface area (Å²) in [5.74, 6) is 0.594. The molecule has 2 aromatic rings. The molecule has 0 aliphatic rings. The Kier molecular flexibility index (Phi) is 3.37. The van der Waals surface area contributed by atoms with Crippen molar-refractivity contribution >= 4 is 5.69 Å². The van der Waals surface area contributed by atoms with Crippen molar-refractivity contribution in [3.8, 4) is 11.5 Å². The van der Waals surface area contributed by atoms with E-state index in [1.807, 2.05) is 6.92 Å². The molecule has 102 valence electrons. The van der Waals surface area contributed by atoms with Gasteiger partial charge >= 0.3 is 6.18 Å². The zero-order valence-electron chi connectivity index (χ0n) is 10.1. The Labute approximate surface area is 107 Å². The van der Waals surface area contributed by atoms with Crippen LogP contribution in [0.4, 0.5) is 18.9 Å². The van der Waals surface area contributed by atoms with Gasteiger partial charge in [0.15, 0.2) is 5.75 Å². The number of aromatic nitrogens is 2. The first-order valence-corrected chi connectivity index (χ1v) is 5.57. The number of nitrogens with two attached hydrogens (primary N) is 1. The van der Waals surface area contributed by atoms with Crippen molar-refractivity contribution in [3.63, 3.8) is 0 Å². The summed E-state index contributed by atoms with van der Waals surface area (Å²) in [4.78, 5) is 0. The molecule has 0 spiro atoms. The molecule has 1 aromatic heterocycles. The van der Waals surface area contributed by atoms with E-state index in [-0.39, 0.29) is 11.4 Å². The summed E-state index contributed by atoms with van der Waals surface area (Å²) in [5, 5.41) is 3.99. The van der Waals surface area contributed by atoms with Gasteiger partial charge in [0.2, 0.25) is 0 Å². The average molecular weight is 271 g/mol. The summed E-state index contributed by atoms with van der Waals surface area (Å²) in [7, 11) is 0. The van der Waals surface area contributed by atoms with E-state index in [0.717, 1.165) is 12.1 Å². The molecule has 0 aliphatic carbocycles. The van der Waals surface area contributed by atoms with E-state index < -0.39 is 11.7 Å². The number of halogens is 3. The predicted molar refractivity (Wildman–Crippen MR) is 63.8 cm³/mol. The largest absolute Gasteiger partial charge is 0.452 e. The summed E-state index contributed by atoms with van der Waals surface area (Å²) in [6.45, 7) is 2.58. The lowest BCUT2D eigenvalue weighted by molar-refractivity contribution is -0.137. The van der Waals surface area contributed by atoms with Crippen LogP contribution in [0.3, 0.4) is 0 Å². The monoisotopic (exact) mass is 271 g/mol. The van der Waals surface area contributed by atoms with Gasteiger partial charge in [0.25, 0.3) is 0 Å². The fraction of sp³-hybridized carbons (Fsp3) is 0.250. The van der Waals surface area contributed by atoms with Gasteiger partial charge in [0.05, 0.1) is 23.6 Å². The number of hydrogen-bond acceptors (Lipinski definition) is 3. The zero-order valence-corrected chi connectivity index (χ0v) is 10.1. The third kappa shape index (κ3) is 2.98. The van der Waals surface area contributed by atoms with Gasteiger partial charge in [-0.1, -0.05) is 0 Å². The van der Waals surface area contributed by atoms with Crippen LogP contribution in [0.15, 0.2) is 30.6 Å². The normalized spacial score (nSPS) is 11.6. The van der Waals surface area contributed by atoms with Crippen molar-refractivity contribution < 1.29 is 17.9 Å². The minimum absolute atomic E-state index is 0.0703. The third-order valence-electron chi connectivity index (χ3n) is 2.50. The van der Waals surface area contributed by atoms with Gasteiger partial charge < -0.3 is 10.5 Å². The van der Waals surface area contributed by atoms with E-state index in [1.165, 1.54) is 12.3 Å². The van der Waals surface area contributed by atoms with Gasteiger partial charge in [-0.15, -0.1) is 0 Å². The summed E-state index contributed by atoms with van der Waals surface area (Å²) in [5.41, 5.74) is 4.68. The maximum Gasteiger partial charge on any atom is 0.416 e. The highest BCUT2D eigenvalue weighted by molar-refractivity contribution is 5.56. The number of benzene rings is 1. The maximum absolute atomic E-state index is 12.5. The molecule has 1 heterocycles. The highest BCUT2D eigenvalue weighted by Crippen LogP contribution is 2.35. The standard InChI is InChI=1S/C12H12F3N3O/c1-2-18-7-9(6-17-18)19-11-4-3-8(5-10(11)16)12(13,14)15/h3-7H,2,16H2,1H3. The molecule has 0 bridgehead atoms. The number of alkyl halides is 3. The second kappa shape index (κ2) is 4.83. The Bertz CT molecular complexity index is 578. The molecule has 0 atom stereocenters. The number of ether oxygens (including phenoxy) is 1. The minimum atomic E-state index is -4.42. The van der Waals surface area contributed by atoms with E-state index in [2.05, 4.69) is 5.10 Å². The van der Waals surface area contributed by atoms with Gasteiger partial charge in [-0.05, 0) is 25.1 Å². The Morgan fingerprint density at radius 3 is 2.63 bits per heavy atom. The van der Waals surface area contributed by atoms with Crippen LogP contribution < -0.4 is 10.5 Å². The quantitative estimate of drug-likeness (QED) is 0.871. The van der Waals surface area contributed by atoms with Crippen molar-refractivity contribution in [2.75, 3.05) is 5.73 Å². The van der Waals surface area contributed by atoms with Gasteiger partial charge in [0, 0.05) is 6.54 Å². The molecule has 7 heteroatoms. The van der Waals surface area contributed by atoms with E-state index in [1.54, 1.807) is 10.9 Å². The molecule has 0 saturated carbocycles. The van der Waals surface area contributed by atoms with Crippen LogP contribution in [0.25, 0.3) is 0 Å². The number of rotatable bonds is 3. The molecule has 0 unspecified atom stereocenters. The van der Waals surface area contributed by atoms with Crippen LogP contribution >= 0.6 is 0 Å². The van der Waals surface area contributed by atoms with Crippen LogP contribution in [0.5, 0.6) is 11.5 Å². The Morgan fingerprint density at radius 2 is 2.11 bits per heavy atom. The van der Waals surface area contributed by atoms with Crippen molar-refractivity contribution in [2.24, 2.45) is 0 Å². The lowest BCUT2D eigenvalue weighted by Crippen LogP contribution is -2.05. The molecule has 0 amide bonds. The van der Waals surface area contributed by atoms with E-state index in [0.29, 0.717) is 12.3 Å². The molecule has 1 aromatic carbocycles. The van der Waals surface area contributed by atoms with Crippen LogP contribution in [-0.4, -0.2) is 9.78 Å². The van der Waals surface area contributed by atoms with E-state index >= 15 is 0 Å². The molecule has 0 saturated heterocycles. The Hall–Kier alpha value is -2.18. The second-order valence-corrected chi connectivity index (χ2v) is 3.88. The van der Waals surface area contributed by atoms with E-state index in [4.69, 9.17) is 10.5 Å². The third-order valence-corrected chi connectivity index (χ3v) is 2.50. The van der Waals surface area contributed by atoms with Crippen LogP contribution in [-0.2, 0) is 12.7 Å². The van der Waals surface area contributed by atoms with Gasteiger partial charge in [-0.25, -0.2) is 0 Å². The summed E-state index contributed by atoms with van der Waals surface area (Å²) >= 11 is 0. The first kappa shape index (κ1) is 13.3. The second-order valence-electron chi connectivity index (χ2n) is 3.88. The topological polar surface area (TPSA) is 53.1 Å². The minimum Gasteiger partial charge on any atom is -0.452 e. The SMILES string of the molecule is CCn1cc(Oc2ccc(C(F)(F)F)cc2N)cn1. The van der Waals surface area contributed by atoms with Crippen molar-refractivity contribution in [1.82, 2.24) is 9.78 Å². The molecular weight excluding hydrogens is 259 g/mol. The summed E-state index contributed by atoms with van der Waals surface area (Å²) < 4.78 is 44.4. The molecule has 0 fully saturated rings. The Morgan fingerprint density at radius 1 is 1.37 bits per heavy atom. The molecule has 19 heavy (non-hydrogen) atoms. The number of aryl methyl sites for hydroxylation is 1. The zero-order chi connectivity index (χ0) is 14.0. The van der Waals surface area contributed by atoms with Gasteiger partial charge in [-0.2, -0.15) is 18.3 Å². The van der Waals surface area contributed by atoms with Crippen LogP contribution in [0.1, 0.15) is 12.5 Å². The molecular formula is C12H12F3N3O. The van der Waals surface area contributed by atoms with Gasteiger partial charge in [0.1, 0.15) is 5.75 Å². The molecule has 4 nitrogen and oxygen atoms in total. The first-order valence-electron chi connectivity index (χ1n) is 5.57. The highest BCUT2D eigenvalue weighted by Gasteiger charge is 2.31. The molecule has 2 rings (SSSR count). The van der Waals surface area contributed by atoms with Crippen molar-refractivity contribution in [3.05, 3.63) is 36.2 Å². The maximum atomic E-state index is 12.5. The molecule has 0 aliphatic heterocycles. The van der Waals surface area contributed by atoms with Gasteiger partial charge in [-0.3, -0.25) is 4.68 Å². The lowest BCUT2D eigenvalue weighted by atomic mass is 10.2. The highest BCUT2D eigenvalue weighted by atomic mass is 19.4. The van der Waals surface area contributed by atoms with Crippen molar-refractivity contribution in [1.29, 1.82) is 0 Å². The summed E-state index contributed by atoms with van der Waals surface area (Å²) in [6.07, 6.45) is -1.31. The smallest absolute Gasteiger partial charge is 0.416 e. The Balaban J connectivity index is 2.22. The number of nitrogen functional groups attached to an aromatic ring is 1. The average Bonchev–Trinajstić information content (AvgIpc) is 2.78. The van der Waals surface area contributed by atoms with Crippen LogP contribution in [0, 0.1) is 0 Å². The number of anilines is 1. The first-order chi connectivity index (χ1) is 8.90. The van der Waals surface area contributed by atoms with E-state index in [9.17, 15) is 13.2 Å². The number of nitrogens with zero attached hydrogens (tertiary/aromatic N) is 2. The number of hydrogen-bond donors (Lipinski definition) is 1. The van der Waals surface area contributed by atoms with Crippen LogP contribution in [0.2, 0.25) is 0 Å². The summed E-state index contributed by atoms with van der Waals surface area (Å²) in [6, 6.07) is 2.97. The molecule has 0 radical (unpaired) electrons. The lowest BCUT2D eigenvalue weighted by Gasteiger charge is -2.10. The van der Waals surface area contributed by atoms with Crippen molar-refractivity contribution in [2.45, 2.75) is 19.6 Å².